The Morgan fingerprint density at radius 1 is 1.17 bits per heavy atom. The molecule has 2 heterocycles. The highest BCUT2D eigenvalue weighted by molar-refractivity contribution is 5.92. The summed E-state index contributed by atoms with van der Waals surface area (Å²) in [6.07, 6.45) is 0.671. The second-order valence-electron chi connectivity index (χ2n) is 7.43. The SMILES string of the molecule is CCC(C)[C@H](NC(=O)n1c(=O)n(CCN2CCOCC2)c2ccccc21)C(N)=O. The van der Waals surface area contributed by atoms with Gasteiger partial charge in [0, 0.05) is 26.2 Å². The Labute approximate surface area is 169 Å². The summed E-state index contributed by atoms with van der Waals surface area (Å²) in [5, 5.41) is 2.64. The molecule has 3 rings (SSSR count). The molecule has 1 saturated heterocycles. The number of carbonyl (C=O) groups is 2. The Kier molecular flexibility index (Phi) is 6.71. The fourth-order valence-electron chi connectivity index (χ4n) is 3.61. The number of morpholine rings is 1. The number of hydrogen-bond donors (Lipinski definition) is 2. The molecule has 1 aliphatic rings. The summed E-state index contributed by atoms with van der Waals surface area (Å²) in [4.78, 5) is 40.1. The van der Waals surface area contributed by atoms with Crippen molar-refractivity contribution in [2.45, 2.75) is 32.9 Å². The Morgan fingerprint density at radius 2 is 1.83 bits per heavy atom. The molecule has 0 saturated carbocycles. The van der Waals surface area contributed by atoms with E-state index in [1.165, 1.54) is 0 Å². The van der Waals surface area contributed by atoms with Gasteiger partial charge >= 0.3 is 11.7 Å². The first-order valence-corrected chi connectivity index (χ1v) is 10.0. The van der Waals surface area contributed by atoms with E-state index in [0.717, 1.165) is 17.7 Å². The third-order valence-corrected chi connectivity index (χ3v) is 5.58. The van der Waals surface area contributed by atoms with Crippen LogP contribution in [-0.4, -0.2) is 64.9 Å². The van der Waals surface area contributed by atoms with Gasteiger partial charge < -0.3 is 15.8 Å². The summed E-state index contributed by atoms with van der Waals surface area (Å²) in [7, 11) is 0. The summed E-state index contributed by atoms with van der Waals surface area (Å²) >= 11 is 0. The summed E-state index contributed by atoms with van der Waals surface area (Å²) < 4.78 is 8.06. The van der Waals surface area contributed by atoms with Crippen molar-refractivity contribution in [3.8, 4) is 0 Å². The van der Waals surface area contributed by atoms with Gasteiger partial charge in [-0.2, -0.15) is 0 Å². The summed E-state index contributed by atoms with van der Waals surface area (Å²) in [5.74, 6) is -0.751. The largest absolute Gasteiger partial charge is 0.379 e. The van der Waals surface area contributed by atoms with E-state index in [2.05, 4.69) is 10.2 Å². The maximum atomic E-state index is 13.1. The molecule has 0 aliphatic carbocycles. The van der Waals surface area contributed by atoms with E-state index in [1.54, 1.807) is 16.7 Å². The highest BCUT2D eigenvalue weighted by Crippen LogP contribution is 2.14. The first-order valence-electron chi connectivity index (χ1n) is 10.0. The number of nitrogens with two attached hydrogens (primary N) is 1. The molecule has 9 nitrogen and oxygen atoms in total. The van der Waals surface area contributed by atoms with Crippen LogP contribution >= 0.6 is 0 Å². The number of aromatic nitrogens is 2. The van der Waals surface area contributed by atoms with Crippen LogP contribution in [0.25, 0.3) is 11.0 Å². The molecule has 29 heavy (non-hydrogen) atoms. The van der Waals surface area contributed by atoms with E-state index in [-0.39, 0.29) is 5.92 Å². The molecular formula is C20H29N5O4. The van der Waals surface area contributed by atoms with Gasteiger partial charge in [-0.25, -0.2) is 14.2 Å². The van der Waals surface area contributed by atoms with Crippen LogP contribution in [0.2, 0.25) is 0 Å². The maximum Gasteiger partial charge on any atom is 0.337 e. The lowest BCUT2D eigenvalue weighted by molar-refractivity contribution is -0.120. The van der Waals surface area contributed by atoms with E-state index in [4.69, 9.17) is 10.5 Å². The molecule has 3 N–H and O–H groups in total. The summed E-state index contributed by atoms with van der Waals surface area (Å²) in [6, 6.07) is 5.68. The Balaban J connectivity index is 1.89. The highest BCUT2D eigenvalue weighted by atomic mass is 16.5. The van der Waals surface area contributed by atoms with Crippen LogP contribution in [0.5, 0.6) is 0 Å². The number of benzene rings is 1. The smallest absolute Gasteiger partial charge is 0.337 e. The van der Waals surface area contributed by atoms with Crippen molar-refractivity contribution in [3.05, 3.63) is 34.7 Å². The van der Waals surface area contributed by atoms with Gasteiger partial charge in [-0.05, 0) is 18.1 Å². The average Bonchev–Trinajstić information content (AvgIpc) is 3.01. The van der Waals surface area contributed by atoms with Gasteiger partial charge in [-0.15, -0.1) is 0 Å². The minimum Gasteiger partial charge on any atom is -0.379 e. The minimum atomic E-state index is -0.838. The normalized spacial score (nSPS) is 17.2. The second kappa shape index (κ2) is 9.23. The Morgan fingerprint density at radius 3 is 2.45 bits per heavy atom. The third kappa shape index (κ3) is 4.51. The molecule has 1 aromatic heterocycles. The number of fused-ring (bicyclic) bond motifs is 1. The molecule has 9 heteroatoms. The topological polar surface area (TPSA) is 112 Å². The molecule has 0 spiro atoms. The van der Waals surface area contributed by atoms with Gasteiger partial charge in [0.15, 0.2) is 0 Å². The average molecular weight is 403 g/mol. The zero-order valence-corrected chi connectivity index (χ0v) is 17.0. The lowest BCUT2D eigenvalue weighted by Gasteiger charge is -2.26. The number of rotatable bonds is 7. The molecule has 0 bridgehead atoms. The number of imidazole rings is 1. The van der Waals surface area contributed by atoms with Crippen molar-refractivity contribution in [3.63, 3.8) is 0 Å². The first-order chi connectivity index (χ1) is 13.9. The molecule has 1 fully saturated rings. The van der Waals surface area contributed by atoms with E-state index in [0.29, 0.717) is 43.8 Å². The minimum absolute atomic E-state index is 0.137. The fraction of sp³-hybridized carbons (Fsp3) is 0.550. The molecule has 2 aromatic rings. The van der Waals surface area contributed by atoms with E-state index >= 15 is 0 Å². The van der Waals surface area contributed by atoms with Crippen molar-refractivity contribution in [1.29, 1.82) is 0 Å². The van der Waals surface area contributed by atoms with Crippen molar-refractivity contribution in [1.82, 2.24) is 19.4 Å². The van der Waals surface area contributed by atoms with Crippen LogP contribution < -0.4 is 16.7 Å². The Bertz CT molecular complexity index is 929. The van der Waals surface area contributed by atoms with E-state index < -0.39 is 23.7 Å². The highest BCUT2D eigenvalue weighted by Gasteiger charge is 2.26. The van der Waals surface area contributed by atoms with Gasteiger partial charge in [0.2, 0.25) is 5.91 Å². The molecule has 1 aromatic carbocycles. The summed E-state index contributed by atoms with van der Waals surface area (Å²) in [5.41, 5.74) is 6.22. The predicted octanol–water partition coefficient (Wildman–Crippen LogP) is 0.593. The van der Waals surface area contributed by atoms with Crippen LogP contribution in [0.3, 0.4) is 0 Å². The molecule has 1 unspecified atom stereocenters. The van der Waals surface area contributed by atoms with Crippen molar-refractivity contribution < 1.29 is 14.3 Å². The zero-order chi connectivity index (χ0) is 21.0. The standard InChI is InChI=1S/C20H29N5O4/c1-3-14(2)17(18(21)26)22-19(27)25-16-7-5-4-6-15(16)24(20(25)28)9-8-23-10-12-29-13-11-23/h4-7,14,17H,3,8-13H2,1-2H3,(H2,21,26)(H,22,27)/t14?,17-/m0/s1. The number of carbonyl (C=O) groups excluding carboxylic acids is 2. The van der Waals surface area contributed by atoms with Crippen LogP contribution in [-0.2, 0) is 16.1 Å². The number of nitrogens with zero attached hydrogens (tertiary/aromatic N) is 3. The number of amides is 2. The van der Waals surface area contributed by atoms with Gasteiger partial charge in [0.25, 0.3) is 0 Å². The van der Waals surface area contributed by atoms with Crippen molar-refractivity contribution in [2.75, 3.05) is 32.8 Å². The predicted molar refractivity (Wildman–Crippen MR) is 110 cm³/mol. The van der Waals surface area contributed by atoms with Crippen molar-refractivity contribution >= 4 is 23.0 Å². The molecule has 2 atom stereocenters. The first kappa shape index (κ1) is 21.1. The zero-order valence-electron chi connectivity index (χ0n) is 17.0. The van der Waals surface area contributed by atoms with Crippen molar-refractivity contribution in [2.24, 2.45) is 11.7 Å². The molecule has 1 aliphatic heterocycles. The maximum absolute atomic E-state index is 13.1. The third-order valence-electron chi connectivity index (χ3n) is 5.58. The van der Waals surface area contributed by atoms with E-state index in [1.807, 2.05) is 26.0 Å². The number of primary amides is 1. The fourth-order valence-corrected chi connectivity index (χ4v) is 3.61. The van der Waals surface area contributed by atoms with Crippen LogP contribution in [0.4, 0.5) is 4.79 Å². The van der Waals surface area contributed by atoms with E-state index in [9.17, 15) is 14.4 Å². The molecule has 158 valence electrons. The molecular weight excluding hydrogens is 374 g/mol. The van der Waals surface area contributed by atoms with Gasteiger partial charge in [0.1, 0.15) is 6.04 Å². The van der Waals surface area contributed by atoms with Crippen LogP contribution in [0, 0.1) is 5.92 Å². The van der Waals surface area contributed by atoms with Gasteiger partial charge in [0.05, 0.1) is 24.2 Å². The second-order valence-corrected chi connectivity index (χ2v) is 7.43. The number of nitrogens with one attached hydrogen (secondary N) is 1. The summed E-state index contributed by atoms with van der Waals surface area (Å²) in [6.45, 7) is 7.92. The lowest BCUT2D eigenvalue weighted by Crippen LogP contribution is -2.51. The molecule has 0 radical (unpaired) electrons. The lowest BCUT2D eigenvalue weighted by atomic mass is 9.99. The number of para-hydroxylation sites is 2. The van der Waals surface area contributed by atoms with Crippen LogP contribution in [0.15, 0.2) is 29.1 Å². The number of hydrogen-bond acceptors (Lipinski definition) is 5. The Hall–Kier alpha value is -2.65. The quantitative estimate of drug-likeness (QED) is 0.703. The van der Waals surface area contributed by atoms with Crippen LogP contribution in [0.1, 0.15) is 20.3 Å². The van der Waals surface area contributed by atoms with Gasteiger partial charge in [-0.1, -0.05) is 32.4 Å². The molecule has 2 amide bonds. The number of ether oxygens (including phenoxy) is 1. The van der Waals surface area contributed by atoms with Gasteiger partial charge in [-0.3, -0.25) is 14.3 Å². The monoisotopic (exact) mass is 403 g/mol.